The molecule has 0 fully saturated rings. The molecular weight excluding hydrogens is 228 g/mol. The SMILES string of the molecule is CCCCOCC(O)COCC(CC)CCCC. The van der Waals surface area contributed by atoms with Crippen LogP contribution in [-0.2, 0) is 9.47 Å². The maximum atomic E-state index is 9.66. The van der Waals surface area contributed by atoms with Gasteiger partial charge in [0.2, 0.25) is 0 Å². The molecule has 0 aliphatic heterocycles. The Bertz CT molecular complexity index is 162. The lowest BCUT2D eigenvalue weighted by Gasteiger charge is -2.17. The van der Waals surface area contributed by atoms with Gasteiger partial charge in [-0.25, -0.2) is 0 Å². The van der Waals surface area contributed by atoms with Crippen LogP contribution in [0.25, 0.3) is 0 Å². The van der Waals surface area contributed by atoms with Gasteiger partial charge in [0.05, 0.1) is 13.2 Å². The molecule has 0 bridgehead atoms. The second-order valence-corrected chi connectivity index (χ2v) is 5.04. The Hall–Kier alpha value is -0.120. The highest BCUT2D eigenvalue weighted by Gasteiger charge is 2.09. The first-order valence-corrected chi connectivity index (χ1v) is 7.58. The quantitative estimate of drug-likeness (QED) is 0.516. The summed E-state index contributed by atoms with van der Waals surface area (Å²) >= 11 is 0. The van der Waals surface area contributed by atoms with Crippen molar-refractivity contribution >= 4 is 0 Å². The fourth-order valence-electron chi connectivity index (χ4n) is 1.78. The minimum absolute atomic E-state index is 0.395. The lowest BCUT2D eigenvalue weighted by molar-refractivity contribution is -0.0274. The molecule has 0 saturated heterocycles. The number of ether oxygens (including phenoxy) is 2. The normalized spacial score (nSPS) is 14.7. The Balaban J connectivity index is 3.43. The zero-order chi connectivity index (χ0) is 13.6. The molecular formula is C15H32O3. The molecule has 0 aliphatic rings. The highest BCUT2D eigenvalue weighted by Crippen LogP contribution is 2.12. The first-order chi connectivity index (χ1) is 8.74. The van der Waals surface area contributed by atoms with Crippen molar-refractivity contribution in [2.45, 2.75) is 65.4 Å². The number of rotatable bonds is 13. The number of aliphatic hydroxyl groups is 1. The van der Waals surface area contributed by atoms with Crippen molar-refractivity contribution in [3.63, 3.8) is 0 Å². The van der Waals surface area contributed by atoms with Crippen molar-refractivity contribution < 1.29 is 14.6 Å². The van der Waals surface area contributed by atoms with Gasteiger partial charge in [-0.2, -0.15) is 0 Å². The predicted octanol–water partition coefficient (Wildman–Crippen LogP) is 3.40. The number of unbranched alkanes of at least 4 members (excludes halogenated alkanes) is 2. The maximum Gasteiger partial charge on any atom is 0.101 e. The van der Waals surface area contributed by atoms with Crippen molar-refractivity contribution in [2.24, 2.45) is 5.92 Å². The lowest BCUT2D eigenvalue weighted by Crippen LogP contribution is -2.23. The zero-order valence-corrected chi connectivity index (χ0v) is 12.5. The summed E-state index contributed by atoms with van der Waals surface area (Å²) < 4.78 is 10.9. The first-order valence-electron chi connectivity index (χ1n) is 7.58. The van der Waals surface area contributed by atoms with Crippen LogP contribution in [-0.4, -0.2) is 37.6 Å². The Morgan fingerprint density at radius 2 is 1.56 bits per heavy atom. The van der Waals surface area contributed by atoms with Crippen LogP contribution in [0.3, 0.4) is 0 Å². The van der Waals surface area contributed by atoms with Crippen LogP contribution in [0.5, 0.6) is 0 Å². The molecule has 1 N–H and O–H groups in total. The van der Waals surface area contributed by atoms with Gasteiger partial charge < -0.3 is 14.6 Å². The molecule has 0 rings (SSSR count). The molecule has 0 spiro atoms. The Morgan fingerprint density at radius 1 is 0.889 bits per heavy atom. The summed E-state index contributed by atoms with van der Waals surface area (Å²) in [5.41, 5.74) is 0. The molecule has 0 saturated carbocycles. The minimum Gasteiger partial charge on any atom is -0.388 e. The topological polar surface area (TPSA) is 38.7 Å². The molecule has 3 nitrogen and oxygen atoms in total. The number of hydrogen-bond acceptors (Lipinski definition) is 3. The Kier molecular flexibility index (Phi) is 13.2. The van der Waals surface area contributed by atoms with Crippen molar-refractivity contribution in [3.8, 4) is 0 Å². The van der Waals surface area contributed by atoms with E-state index >= 15 is 0 Å². The van der Waals surface area contributed by atoms with E-state index in [1.807, 2.05) is 0 Å². The Labute approximate surface area is 113 Å². The molecule has 0 aliphatic carbocycles. The molecule has 2 unspecified atom stereocenters. The molecule has 0 radical (unpaired) electrons. The van der Waals surface area contributed by atoms with Gasteiger partial charge in [0.15, 0.2) is 0 Å². The molecule has 0 aromatic heterocycles. The fourth-order valence-corrected chi connectivity index (χ4v) is 1.78. The maximum absolute atomic E-state index is 9.66. The van der Waals surface area contributed by atoms with E-state index in [0.29, 0.717) is 19.1 Å². The van der Waals surface area contributed by atoms with Crippen molar-refractivity contribution in [3.05, 3.63) is 0 Å². The number of hydrogen-bond donors (Lipinski definition) is 1. The first kappa shape index (κ1) is 17.9. The predicted molar refractivity (Wildman–Crippen MR) is 75.9 cm³/mol. The highest BCUT2D eigenvalue weighted by atomic mass is 16.5. The smallest absolute Gasteiger partial charge is 0.101 e. The number of aliphatic hydroxyl groups excluding tert-OH is 1. The van der Waals surface area contributed by atoms with Crippen LogP contribution in [0.2, 0.25) is 0 Å². The van der Waals surface area contributed by atoms with Crippen LogP contribution < -0.4 is 0 Å². The van der Waals surface area contributed by atoms with E-state index in [1.54, 1.807) is 0 Å². The van der Waals surface area contributed by atoms with Crippen LogP contribution in [0.1, 0.15) is 59.3 Å². The van der Waals surface area contributed by atoms with E-state index in [0.717, 1.165) is 32.5 Å². The molecule has 0 amide bonds. The molecule has 110 valence electrons. The fraction of sp³-hybridized carbons (Fsp3) is 1.00. The summed E-state index contributed by atoms with van der Waals surface area (Å²) in [4.78, 5) is 0. The summed E-state index contributed by atoms with van der Waals surface area (Å²) in [6.45, 7) is 8.84. The summed E-state index contributed by atoms with van der Waals surface area (Å²) in [7, 11) is 0. The van der Waals surface area contributed by atoms with E-state index in [9.17, 15) is 5.11 Å². The van der Waals surface area contributed by atoms with Gasteiger partial charge in [0.25, 0.3) is 0 Å². The van der Waals surface area contributed by atoms with Gasteiger partial charge in [-0.15, -0.1) is 0 Å². The summed E-state index contributed by atoms with van der Waals surface area (Å²) in [6, 6.07) is 0. The summed E-state index contributed by atoms with van der Waals surface area (Å²) in [6.07, 6.45) is 6.60. The lowest BCUT2D eigenvalue weighted by atomic mass is 10.0. The van der Waals surface area contributed by atoms with E-state index in [4.69, 9.17) is 9.47 Å². The van der Waals surface area contributed by atoms with Crippen molar-refractivity contribution in [2.75, 3.05) is 26.4 Å². The standard InChI is InChI=1S/C15H32O3/c1-4-7-9-14(6-3)11-18-13-15(16)12-17-10-8-5-2/h14-16H,4-13H2,1-3H3. The van der Waals surface area contributed by atoms with Gasteiger partial charge in [-0.3, -0.25) is 0 Å². The van der Waals surface area contributed by atoms with Crippen LogP contribution in [0.15, 0.2) is 0 Å². The van der Waals surface area contributed by atoms with Crippen LogP contribution >= 0.6 is 0 Å². The monoisotopic (exact) mass is 260 g/mol. The molecule has 2 atom stereocenters. The van der Waals surface area contributed by atoms with E-state index in [-0.39, 0.29) is 0 Å². The third-order valence-electron chi connectivity index (χ3n) is 3.16. The van der Waals surface area contributed by atoms with E-state index in [2.05, 4.69) is 20.8 Å². The van der Waals surface area contributed by atoms with Crippen LogP contribution in [0.4, 0.5) is 0 Å². The van der Waals surface area contributed by atoms with Crippen molar-refractivity contribution in [1.29, 1.82) is 0 Å². The molecule has 0 aromatic rings. The highest BCUT2D eigenvalue weighted by molar-refractivity contribution is 4.58. The van der Waals surface area contributed by atoms with Gasteiger partial charge in [-0.05, 0) is 18.8 Å². The van der Waals surface area contributed by atoms with E-state index < -0.39 is 6.10 Å². The Morgan fingerprint density at radius 3 is 2.17 bits per heavy atom. The summed E-state index contributed by atoms with van der Waals surface area (Å²) in [5.74, 6) is 0.637. The van der Waals surface area contributed by atoms with Gasteiger partial charge in [0, 0.05) is 13.2 Å². The van der Waals surface area contributed by atoms with Crippen molar-refractivity contribution in [1.82, 2.24) is 0 Å². The second kappa shape index (κ2) is 13.3. The summed E-state index contributed by atoms with van der Waals surface area (Å²) in [5, 5.41) is 9.66. The molecule has 0 aromatic carbocycles. The van der Waals surface area contributed by atoms with Crippen LogP contribution in [0, 0.1) is 5.92 Å². The van der Waals surface area contributed by atoms with Gasteiger partial charge in [0.1, 0.15) is 6.10 Å². The third kappa shape index (κ3) is 11.0. The average molecular weight is 260 g/mol. The van der Waals surface area contributed by atoms with E-state index in [1.165, 1.54) is 19.3 Å². The average Bonchev–Trinajstić information content (AvgIpc) is 2.38. The van der Waals surface area contributed by atoms with Gasteiger partial charge >= 0.3 is 0 Å². The minimum atomic E-state index is -0.481. The largest absolute Gasteiger partial charge is 0.388 e. The zero-order valence-electron chi connectivity index (χ0n) is 12.5. The second-order valence-electron chi connectivity index (χ2n) is 5.04. The third-order valence-corrected chi connectivity index (χ3v) is 3.16. The molecule has 18 heavy (non-hydrogen) atoms. The molecule has 0 heterocycles. The molecule has 3 heteroatoms. The van der Waals surface area contributed by atoms with Gasteiger partial charge in [-0.1, -0.05) is 46.5 Å².